The van der Waals surface area contributed by atoms with E-state index in [-0.39, 0.29) is 5.92 Å². The third-order valence-electron chi connectivity index (χ3n) is 5.98. The molecule has 0 rings (SSSR count). The number of aliphatic imine (C=N–C) groups is 5. The number of unbranched alkanes of at least 4 members (excludes halogenated alkanes) is 12. The number of rotatable bonds is 26. The zero-order chi connectivity index (χ0) is 28.2. The van der Waals surface area contributed by atoms with Crippen molar-refractivity contribution >= 4 is 30.4 Å². The van der Waals surface area contributed by atoms with E-state index in [1.807, 2.05) is 0 Å². The first-order valence-electron chi connectivity index (χ1n) is 13.9. The number of hydrogen-bond acceptors (Lipinski definition) is 10. The summed E-state index contributed by atoms with van der Waals surface area (Å²) in [4.78, 5) is 67.1. The van der Waals surface area contributed by atoms with Crippen molar-refractivity contribution in [1.82, 2.24) is 0 Å². The Kier molecular flexibility index (Phi) is 35.2. The fourth-order valence-electron chi connectivity index (χ4n) is 3.91. The smallest absolute Gasteiger partial charge is 0.211 e. The summed E-state index contributed by atoms with van der Waals surface area (Å²) in [5, 5.41) is 0. The molecule has 0 amide bonds. The molecule has 0 heterocycles. The zero-order valence-electron chi connectivity index (χ0n) is 22.9. The highest BCUT2D eigenvalue weighted by molar-refractivity contribution is 5.33. The number of isocyanates is 5. The maximum absolute atomic E-state index is 10.1. The second-order valence-electron chi connectivity index (χ2n) is 9.07. The third-order valence-corrected chi connectivity index (χ3v) is 5.98. The van der Waals surface area contributed by atoms with Gasteiger partial charge in [0.05, 0.1) is 32.7 Å². The van der Waals surface area contributed by atoms with Crippen molar-refractivity contribution in [2.24, 2.45) is 30.9 Å². The van der Waals surface area contributed by atoms with Crippen molar-refractivity contribution in [3.63, 3.8) is 0 Å². The Labute approximate surface area is 227 Å². The molecule has 0 bridgehead atoms. The minimum absolute atomic E-state index is 0.286. The summed E-state index contributed by atoms with van der Waals surface area (Å²) in [6.07, 6.45) is 26.8. The fourth-order valence-corrected chi connectivity index (χ4v) is 3.91. The fraction of sp³-hybridized carbons (Fsp3) is 0.821. The monoisotopic (exact) mass is 531 g/mol. The molecule has 0 aliphatic rings. The van der Waals surface area contributed by atoms with Crippen molar-refractivity contribution in [3.8, 4) is 0 Å². The van der Waals surface area contributed by atoms with Gasteiger partial charge in [-0.15, -0.1) is 0 Å². The Bertz CT molecular complexity index is 745. The van der Waals surface area contributed by atoms with Crippen LogP contribution in [0.3, 0.4) is 0 Å². The van der Waals surface area contributed by atoms with E-state index in [0.29, 0.717) is 32.7 Å². The molecule has 10 nitrogen and oxygen atoms in total. The Morgan fingerprint density at radius 3 is 1.00 bits per heavy atom. The standard InChI is InChI=1S/C16H28N2O2.C12H17N3O3/c19-15-17-13-11-9-7-5-3-1-2-4-6-8-10-12-14-18-16-20;16-9-13-6-2-1-4-12(8-15-11-18)5-3-7-14-10-17/h1-14H2;12H,1-8H2. The quantitative estimate of drug-likeness (QED) is 0.0774. The van der Waals surface area contributed by atoms with Crippen molar-refractivity contribution in [1.29, 1.82) is 0 Å². The summed E-state index contributed by atoms with van der Waals surface area (Å²) in [6, 6.07) is 0. The van der Waals surface area contributed by atoms with E-state index >= 15 is 0 Å². The molecule has 0 saturated carbocycles. The maximum Gasteiger partial charge on any atom is 0.234 e. The maximum atomic E-state index is 10.1. The largest absolute Gasteiger partial charge is 0.234 e. The second kappa shape index (κ2) is 36.1. The highest BCUT2D eigenvalue weighted by Crippen LogP contribution is 2.15. The lowest BCUT2D eigenvalue weighted by Gasteiger charge is -2.12. The Morgan fingerprint density at radius 2 is 0.632 bits per heavy atom. The highest BCUT2D eigenvalue weighted by Gasteiger charge is 2.07. The molecule has 0 aliphatic carbocycles. The lowest BCUT2D eigenvalue weighted by Crippen LogP contribution is -2.06. The lowest BCUT2D eigenvalue weighted by atomic mass is 9.97. The lowest BCUT2D eigenvalue weighted by molar-refractivity contribution is 0.430. The predicted molar refractivity (Wildman–Crippen MR) is 147 cm³/mol. The average Bonchev–Trinajstić information content (AvgIpc) is 2.93. The van der Waals surface area contributed by atoms with Crippen LogP contribution in [0.25, 0.3) is 0 Å². The van der Waals surface area contributed by atoms with E-state index < -0.39 is 0 Å². The molecule has 212 valence electrons. The molecule has 10 heteroatoms. The predicted octanol–water partition coefficient (Wildman–Crippen LogP) is 5.90. The van der Waals surface area contributed by atoms with Gasteiger partial charge in [0, 0.05) is 0 Å². The Hall–Kier alpha value is -3.10. The van der Waals surface area contributed by atoms with Crippen LogP contribution in [0.1, 0.15) is 109 Å². The molecule has 1 unspecified atom stereocenters. The minimum atomic E-state index is 0.286. The normalized spacial score (nSPS) is 10.2. The summed E-state index contributed by atoms with van der Waals surface area (Å²) < 4.78 is 0. The molecule has 38 heavy (non-hydrogen) atoms. The molecule has 0 N–H and O–H groups in total. The van der Waals surface area contributed by atoms with Crippen LogP contribution >= 0.6 is 0 Å². The van der Waals surface area contributed by atoms with Crippen molar-refractivity contribution < 1.29 is 24.0 Å². The van der Waals surface area contributed by atoms with E-state index in [1.54, 1.807) is 12.2 Å². The van der Waals surface area contributed by atoms with E-state index in [0.717, 1.165) is 44.9 Å². The van der Waals surface area contributed by atoms with Crippen LogP contribution in [0, 0.1) is 5.92 Å². The van der Waals surface area contributed by atoms with Crippen molar-refractivity contribution in [3.05, 3.63) is 0 Å². The van der Waals surface area contributed by atoms with Crippen molar-refractivity contribution in [2.75, 3.05) is 32.7 Å². The first-order chi connectivity index (χ1) is 18.8. The van der Waals surface area contributed by atoms with E-state index in [4.69, 9.17) is 0 Å². The summed E-state index contributed by atoms with van der Waals surface area (Å²) in [5.41, 5.74) is 0. The SMILES string of the molecule is O=C=NCCCCC(CCCN=C=O)CN=C=O.O=C=NCCCCCCCCCCCCCCN=C=O. The molecule has 0 radical (unpaired) electrons. The van der Waals surface area contributed by atoms with Crippen LogP contribution in [-0.2, 0) is 24.0 Å². The van der Waals surface area contributed by atoms with Gasteiger partial charge in [-0.1, -0.05) is 70.6 Å². The van der Waals surface area contributed by atoms with Crippen LogP contribution in [0.2, 0.25) is 0 Å². The van der Waals surface area contributed by atoms with Gasteiger partial charge in [-0.2, -0.15) is 0 Å². The molecule has 0 saturated heterocycles. The number of nitrogens with zero attached hydrogens (tertiary/aromatic N) is 5. The molecule has 0 aliphatic heterocycles. The number of hydrogen-bond donors (Lipinski definition) is 0. The molecule has 0 aromatic carbocycles. The Morgan fingerprint density at radius 1 is 0.342 bits per heavy atom. The van der Waals surface area contributed by atoms with Crippen LogP contribution in [0.5, 0.6) is 0 Å². The van der Waals surface area contributed by atoms with E-state index in [9.17, 15) is 24.0 Å². The second-order valence-corrected chi connectivity index (χ2v) is 9.07. The van der Waals surface area contributed by atoms with Crippen LogP contribution < -0.4 is 0 Å². The number of carbonyl (C=O) groups excluding carboxylic acids is 5. The topological polar surface area (TPSA) is 147 Å². The summed E-state index contributed by atoms with van der Waals surface area (Å²) >= 11 is 0. The van der Waals surface area contributed by atoms with Gasteiger partial charge in [-0.05, 0) is 44.4 Å². The average molecular weight is 532 g/mol. The van der Waals surface area contributed by atoms with E-state index in [1.165, 1.54) is 82.4 Å². The van der Waals surface area contributed by atoms with Gasteiger partial charge in [0.25, 0.3) is 0 Å². The van der Waals surface area contributed by atoms with Crippen molar-refractivity contribution in [2.45, 2.75) is 109 Å². The van der Waals surface area contributed by atoms with Crippen LogP contribution in [0.15, 0.2) is 25.0 Å². The van der Waals surface area contributed by atoms with Gasteiger partial charge in [-0.3, -0.25) is 0 Å². The zero-order valence-corrected chi connectivity index (χ0v) is 22.9. The highest BCUT2D eigenvalue weighted by atomic mass is 16.1. The van der Waals surface area contributed by atoms with Gasteiger partial charge in [0.2, 0.25) is 30.4 Å². The molecule has 1 atom stereocenters. The van der Waals surface area contributed by atoms with Gasteiger partial charge in [0.15, 0.2) is 0 Å². The van der Waals surface area contributed by atoms with Crippen LogP contribution in [-0.4, -0.2) is 63.1 Å². The van der Waals surface area contributed by atoms with Gasteiger partial charge < -0.3 is 0 Å². The van der Waals surface area contributed by atoms with Gasteiger partial charge >= 0.3 is 0 Å². The Balaban J connectivity index is 0. The summed E-state index contributed by atoms with van der Waals surface area (Å²) in [5.74, 6) is 0.286. The molecule has 0 aromatic rings. The molecule has 0 fully saturated rings. The first kappa shape index (κ1) is 37.1. The molecule has 0 spiro atoms. The molecular weight excluding hydrogens is 486 g/mol. The molecular formula is C28H45N5O5. The third kappa shape index (κ3) is 35.1. The van der Waals surface area contributed by atoms with Gasteiger partial charge in [-0.25, -0.2) is 48.9 Å². The van der Waals surface area contributed by atoms with Gasteiger partial charge in [0.1, 0.15) is 0 Å². The molecule has 0 aromatic heterocycles. The summed E-state index contributed by atoms with van der Waals surface area (Å²) in [7, 11) is 0. The summed E-state index contributed by atoms with van der Waals surface area (Å²) in [6.45, 7) is 2.68. The van der Waals surface area contributed by atoms with E-state index in [2.05, 4.69) is 25.0 Å². The first-order valence-corrected chi connectivity index (χ1v) is 13.9. The minimum Gasteiger partial charge on any atom is -0.211 e. The van der Waals surface area contributed by atoms with Crippen LogP contribution in [0.4, 0.5) is 0 Å².